The number of hydrogen-bond donors (Lipinski definition) is 1. The summed E-state index contributed by atoms with van der Waals surface area (Å²) >= 11 is 0. The van der Waals surface area contributed by atoms with E-state index in [1.54, 1.807) is 0 Å². The SMILES string of the molecule is Cc1ccc(C2=C[SH](c3ccc(C)cc3)C=N2)cc1. The van der Waals surface area contributed by atoms with Crippen LogP contribution >= 0.6 is 10.9 Å². The molecule has 96 valence electrons. The lowest BCUT2D eigenvalue weighted by Crippen LogP contribution is -1.79. The van der Waals surface area contributed by atoms with Crippen molar-refractivity contribution in [3.63, 3.8) is 0 Å². The fourth-order valence-corrected chi connectivity index (χ4v) is 3.62. The van der Waals surface area contributed by atoms with Crippen LogP contribution in [0.1, 0.15) is 16.7 Å². The van der Waals surface area contributed by atoms with Gasteiger partial charge in [-0.15, -0.1) is 0 Å². The molecule has 1 heterocycles. The second kappa shape index (κ2) is 5.06. The molecule has 1 aliphatic heterocycles. The van der Waals surface area contributed by atoms with Crippen molar-refractivity contribution in [1.29, 1.82) is 0 Å². The second-order valence-corrected chi connectivity index (χ2v) is 6.69. The Bertz CT molecular complexity index is 636. The number of thiol groups is 1. The van der Waals surface area contributed by atoms with Crippen molar-refractivity contribution in [1.82, 2.24) is 0 Å². The van der Waals surface area contributed by atoms with Crippen LogP contribution in [0.15, 0.2) is 63.8 Å². The van der Waals surface area contributed by atoms with Gasteiger partial charge in [0.2, 0.25) is 0 Å². The van der Waals surface area contributed by atoms with Crippen molar-refractivity contribution in [3.8, 4) is 0 Å². The van der Waals surface area contributed by atoms with Gasteiger partial charge in [0.25, 0.3) is 0 Å². The zero-order chi connectivity index (χ0) is 13.2. The van der Waals surface area contributed by atoms with Gasteiger partial charge in [-0.2, -0.15) is 10.9 Å². The fraction of sp³-hybridized carbons (Fsp3) is 0.118. The highest BCUT2D eigenvalue weighted by molar-refractivity contribution is 8.31. The molecule has 2 aromatic carbocycles. The molecule has 2 aromatic rings. The lowest BCUT2D eigenvalue weighted by atomic mass is 10.1. The molecule has 0 saturated heterocycles. The Balaban J connectivity index is 1.87. The molecule has 0 saturated carbocycles. The topological polar surface area (TPSA) is 12.4 Å². The summed E-state index contributed by atoms with van der Waals surface area (Å²) in [5, 5.41) is 2.30. The largest absolute Gasteiger partial charge is 0.250 e. The predicted molar refractivity (Wildman–Crippen MR) is 86.1 cm³/mol. The molecule has 1 atom stereocenters. The van der Waals surface area contributed by atoms with Gasteiger partial charge in [-0.05, 0) is 36.3 Å². The first-order chi connectivity index (χ1) is 9.22. The van der Waals surface area contributed by atoms with Gasteiger partial charge in [0.05, 0.1) is 5.70 Å². The van der Waals surface area contributed by atoms with Gasteiger partial charge >= 0.3 is 0 Å². The minimum atomic E-state index is -0.377. The molecular formula is C17H17NS. The molecule has 3 rings (SSSR count). The predicted octanol–water partition coefficient (Wildman–Crippen LogP) is 4.70. The Morgan fingerprint density at radius 1 is 0.789 bits per heavy atom. The van der Waals surface area contributed by atoms with Crippen LogP contribution in [0.3, 0.4) is 0 Å². The van der Waals surface area contributed by atoms with Gasteiger partial charge in [-0.25, -0.2) is 0 Å². The molecule has 0 amide bonds. The summed E-state index contributed by atoms with van der Waals surface area (Å²) < 4.78 is 0. The monoisotopic (exact) mass is 267 g/mol. The van der Waals surface area contributed by atoms with Crippen LogP contribution < -0.4 is 0 Å². The maximum absolute atomic E-state index is 4.58. The molecule has 2 heteroatoms. The highest BCUT2D eigenvalue weighted by Gasteiger charge is 2.11. The first-order valence-electron chi connectivity index (χ1n) is 6.40. The Labute approximate surface area is 117 Å². The van der Waals surface area contributed by atoms with Gasteiger partial charge < -0.3 is 0 Å². The normalized spacial score (nSPS) is 19.5. The molecular weight excluding hydrogens is 250 g/mol. The molecule has 0 bridgehead atoms. The van der Waals surface area contributed by atoms with Crippen LogP contribution in [-0.4, -0.2) is 5.55 Å². The van der Waals surface area contributed by atoms with Crippen LogP contribution in [0.5, 0.6) is 0 Å². The number of nitrogens with zero attached hydrogens (tertiary/aromatic N) is 1. The quantitative estimate of drug-likeness (QED) is 0.757. The number of aryl methyl sites for hydroxylation is 2. The van der Waals surface area contributed by atoms with Gasteiger partial charge in [0, 0.05) is 11.1 Å². The number of aliphatic imine (C=N–C) groups is 1. The minimum absolute atomic E-state index is 0.377. The van der Waals surface area contributed by atoms with Gasteiger partial charge in [0.1, 0.15) is 0 Å². The van der Waals surface area contributed by atoms with E-state index < -0.39 is 0 Å². The van der Waals surface area contributed by atoms with Crippen molar-refractivity contribution in [3.05, 3.63) is 70.6 Å². The van der Waals surface area contributed by atoms with E-state index in [1.807, 2.05) is 0 Å². The molecule has 19 heavy (non-hydrogen) atoms. The molecule has 0 fully saturated rings. The molecule has 1 unspecified atom stereocenters. The minimum Gasteiger partial charge on any atom is -0.250 e. The maximum Gasteiger partial charge on any atom is 0.0759 e. The molecule has 0 N–H and O–H groups in total. The van der Waals surface area contributed by atoms with Crippen LogP contribution in [0.25, 0.3) is 5.70 Å². The van der Waals surface area contributed by atoms with E-state index in [2.05, 4.69) is 78.3 Å². The molecule has 0 aliphatic carbocycles. The lowest BCUT2D eigenvalue weighted by Gasteiger charge is -2.08. The van der Waals surface area contributed by atoms with E-state index in [9.17, 15) is 0 Å². The number of hydrogen-bond acceptors (Lipinski definition) is 1. The molecule has 0 spiro atoms. The number of benzene rings is 2. The molecule has 0 radical (unpaired) electrons. The van der Waals surface area contributed by atoms with E-state index in [1.165, 1.54) is 21.6 Å². The van der Waals surface area contributed by atoms with Crippen LogP contribution in [0.4, 0.5) is 0 Å². The Morgan fingerprint density at radius 2 is 1.37 bits per heavy atom. The van der Waals surface area contributed by atoms with Crippen molar-refractivity contribution < 1.29 is 0 Å². The summed E-state index contributed by atoms with van der Waals surface area (Å²) in [4.78, 5) is 5.95. The summed E-state index contributed by atoms with van der Waals surface area (Å²) in [7, 11) is -0.377. The fourth-order valence-electron chi connectivity index (χ4n) is 2.05. The molecule has 1 aliphatic rings. The highest BCUT2D eigenvalue weighted by atomic mass is 32.2. The van der Waals surface area contributed by atoms with Crippen molar-refractivity contribution in [2.24, 2.45) is 4.99 Å². The summed E-state index contributed by atoms with van der Waals surface area (Å²) in [5.41, 5.74) is 6.99. The first kappa shape index (κ1) is 12.2. The average molecular weight is 267 g/mol. The van der Waals surface area contributed by atoms with Gasteiger partial charge in [0.15, 0.2) is 0 Å². The Hall–Kier alpha value is -1.80. The standard InChI is InChI=1S/C17H17NS/c1-13-3-7-15(8-4-13)17-11-19(12-18-17)16-9-5-14(2)6-10-16/h3-12,19H,1-2H3. The van der Waals surface area contributed by atoms with Crippen LogP contribution in [0, 0.1) is 13.8 Å². The van der Waals surface area contributed by atoms with Crippen LogP contribution in [-0.2, 0) is 0 Å². The number of rotatable bonds is 2. The average Bonchev–Trinajstić information content (AvgIpc) is 2.90. The van der Waals surface area contributed by atoms with E-state index in [0.717, 1.165) is 5.70 Å². The highest BCUT2D eigenvalue weighted by Crippen LogP contribution is 2.42. The van der Waals surface area contributed by atoms with E-state index in [-0.39, 0.29) is 10.9 Å². The maximum atomic E-state index is 4.58. The zero-order valence-corrected chi connectivity index (χ0v) is 12.1. The summed E-state index contributed by atoms with van der Waals surface area (Å²) in [6, 6.07) is 17.3. The van der Waals surface area contributed by atoms with E-state index >= 15 is 0 Å². The van der Waals surface area contributed by atoms with Crippen LogP contribution in [0.2, 0.25) is 0 Å². The molecule has 1 nitrogen and oxygen atoms in total. The van der Waals surface area contributed by atoms with E-state index in [0.29, 0.717) is 0 Å². The third kappa shape index (κ3) is 2.64. The third-order valence-electron chi connectivity index (χ3n) is 3.26. The van der Waals surface area contributed by atoms with Gasteiger partial charge in [-0.3, -0.25) is 4.99 Å². The smallest absolute Gasteiger partial charge is 0.0759 e. The lowest BCUT2D eigenvalue weighted by molar-refractivity contribution is 1.38. The Kier molecular flexibility index (Phi) is 3.26. The summed E-state index contributed by atoms with van der Waals surface area (Å²) in [6.45, 7) is 4.22. The zero-order valence-electron chi connectivity index (χ0n) is 11.2. The van der Waals surface area contributed by atoms with Crippen molar-refractivity contribution in [2.45, 2.75) is 18.7 Å². The third-order valence-corrected chi connectivity index (χ3v) is 5.04. The van der Waals surface area contributed by atoms with Gasteiger partial charge in [-0.1, -0.05) is 47.5 Å². The summed E-state index contributed by atoms with van der Waals surface area (Å²) in [6.07, 6.45) is 0. The first-order valence-corrected chi connectivity index (χ1v) is 7.88. The molecule has 0 aromatic heterocycles. The van der Waals surface area contributed by atoms with Crippen molar-refractivity contribution >= 4 is 22.1 Å². The second-order valence-electron chi connectivity index (χ2n) is 4.87. The van der Waals surface area contributed by atoms with Crippen molar-refractivity contribution in [2.75, 3.05) is 0 Å². The summed E-state index contributed by atoms with van der Waals surface area (Å²) in [5.74, 6) is 0. The van der Waals surface area contributed by atoms with E-state index in [4.69, 9.17) is 0 Å². The Morgan fingerprint density at radius 3 is 2.00 bits per heavy atom.